The molecule has 0 aromatic heterocycles. The quantitative estimate of drug-likeness (QED) is 0.0261. The van der Waals surface area contributed by atoms with E-state index in [1.807, 2.05) is 0 Å². The van der Waals surface area contributed by atoms with Gasteiger partial charge >= 0.3 is 17.9 Å². The highest BCUT2D eigenvalue weighted by Crippen LogP contribution is 2.13. The Bertz CT molecular complexity index is 1560. The van der Waals surface area contributed by atoms with Gasteiger partial charge in [-0.2, -0.15) is 0 Å². The SMILES string of the molecule is CC/C=C\C/C=C\C/C=C\C/C=C\C/C=C\CCCCCCCCCC(=O)OCC(COC(=O)CCCCCCC/C=C\CCCCC)OC(=O)CCCCC/C=C\C/C=C\C/C=C\C/C=C\C/C=C\CC. The third-order valence-corrected chi connectivity index (χ3v) is 11.9. The number of unbranched alkanes of at least 4 members (excludes halogenated alkanes) is 18. The van der Waals surface area contributed by atoms with E-state index in [0.29, 0.717) is 12.8 Å². The van der Waals surface area contributed by atoms with Gasteiger partial charge in [0.15, 0.2) is 6.10 Å². The molecule has 0 spiro atoms. The molecule has 0 aliphatic rings. The van der Waals surface area contributed by atoms with Crippen LogP contribution >= 0.6 is 0 Å². The molecule has 0 aromatic carbocycles. The van der Waals surface area contributed by atoms with Crippen LogP contribution in [0.15, 0.2) is 134 Å². The van der Waals surface area contributed by atoms with Gasteiger partial charge in [-0.1, -0.05) is 225 Å². The van der Waals surface area contributed by atoms with Crippen LogP contribution in [-0.2, 0) is 28.6 Å². The zero-order valence-corrected chi connectivity index (χ0v) is 46.4. The van der Waals surface area contributed by atoms with Gasteiger partial charge in [-0.3, -0.25) is 14.4 Å². The summed E-state index contributed by atoms with van der Waals surface area (Å²) in [5.74, 6) is -0.960. The molecule has 0 saturated carbocycles. The topological polar surface area (TPSA) is 78.9 Å². The molecular weight excluding hydrogens is 889 g/mol. The fourth-order valence-electron chi connectivity index (χ4n) is 7.55. The van der Waals surface area contributed by atoms with Crippen LogP contribution in [0.3, 0.4) is 0 Å². The van der Waals surface area contributed by atoms with Crippen LogP contribution in [0.4, 0.5) is 0 Å². The van der Waals surface area contributed by atoms with Crippen molar-refractivity contribution in [1.82, 2.24) is 0 Å². The summed E-state index contributed by atoms with van der Waals surface area (Å²) >= 11 is 0. The smallest absolute Gasteiger partial charge is 0.306 e. The Balaban J connectivity index is 4.45. The molecule has 0 bridgehead atoms. The van der Waals surface area contributed by atoms with Gasteiger partial charge in [0.05, 0.1) is 0 Å². The van der Waals surface area contributed by atoms with E-state index in [4.69, 9.17) is 14.2 Å². The van der Waals surface area contributed by atoms with Gasteiger partial charge in [-0.25, -0.2) is 0 Å². The second kappa shape index (κ2) is 59.1. The normalized spacial score (nSPS) is 13.1. The fourth-order valence-corrected chi connectivity index (χ4v) is 7.55. The van der Waals surface area contributed by atoms with Crippen molar-refractivity contribution in [3.05, 3.63) is 134 Å². The number of hydrogen-bond acceptors (Lipinski definition) is 6. The predicted molar refractivity (Wildman–Crippen MR) is 311 cm³/mol. The first-order chi connectivity index (χ1) is 35.5. The van der Waals surface area contributed by atoms with Gasteiger partial charge in [0, 0.05) is 19.3 Å². The number of allylic oxidation sites excluding steroid dienone is 22. The summed E-state index contributed by atoms with van der Waals surface area (Å²) in [6.07, 6.45) is 83.0. The lowest BCUT2D eigenvalue weighted by atomic mass is 10.1. The monoisotopic (exact) mass is 995 g/mol. The molecule has 0 aliphatic heterocycles. The highest BCUT2D eigenvalue weighted by Gasteiger charge is 2.19. The lowest BCUT2D eigenvalue weighted by molar-refractivity contribution is -0.167. The summed E-state index contributed by atoms with van der Waals surface area (Å²) in [4.78, 5) is 38.2. The van der Waals surface area contributed by atoms with Gasteiger partial charge in [0.2, 0.25) is 0 Å². The van der Waals surface area contributed by atoms with Crippen molar-refractivity contribution in [2.45, 2.75) is 252 Å². The zero-order valence-electron chi connectivity index (χ0n) is 46.4. The van der Waals surface area contributed by atoms with E-state index >= 15 is 0 Å². The van der Waals surface area contributed by atoms with E-state index in [-0.39, 0.29) is 37.5 Å². The third kappa shape index (κ3) is 56.5. The molecule has 0 rings (SSSR count). The van der Waals surface area contributed by atoms with Gasteiger partial charge in [0.1, 0.15) is 13.2 Å². The molecule has 72 heavy (non-hydrogen) atoms. The number of hydrogen-bond donors (Lipinski definition) is 0. The summed E-state index contributed by atoms with van der Waals surface area (Å²) in [6, 6.07) is 0. The maximum absolute atomic E-state index is 12.9. The summed E-state index contributed by atoms with van der Waals surface area (Å²) in [5, 5.41) is 0. The number of carbonyl (C=O) groups is 3. The Hall–Kier alpha value is -4.45. The van der Waals surface area contributed by atoms with Crippen molar-refractivity contribution in [2.75, 3.05) is 13.2 Å². The maximum atomic E-state index is 12.9. The Morgan fingerprint density at radius 2 is 0.542 bits per heavy atom. The Labute approximate surface area is 443 Å². The molecule has 6 heteroatoms. The fraction of sp³-hybridized carbons (Fsp3) is 0.621. The van der Waals surface area contributed by atoms with Crippen LogP contribution in [0, 0.1) is 0 Å². The molecule has 6 nitrogen and oxygen atoms in total. The van der Waals surface area contributed by atoms with Crippen LogP contribution in [0.5, 0.6) is 0 Å². The summed E-state index contributed by atoms with van der Waals surface area (Å²) in [7, 11) is 0. The van der Waals surface area contributed by atoms with Crippen LogP contribution in [0.1, 0.15) is 245 Å². The molecule has 0 fully saturated rings. The lowest BCUT2D eigenvalue weighted by Crippen LogP contribution is -2.30. The van der Waals surface area contributed by atoms with Crippen molar-refractivity contribution in [2.24, 2.45) is 0 Å². The molecule has 406 valence electrons. The number of esters is 3. The zero-order chi connectivity index (χ0) is 52.2. The number of rotatable bonds is 51. The van der Waals surface area contributed by atoms with Crippen molar-refractivity contribution in [3.8, 4) is 0 Å². The van der Waals surface area contributed by atoms with E-state index < -0.39 is 6.10 Å². The first-order valence-corrected chi connectivity index (χ1v) is 29.2. The number of carbonyl (C=O) groups excluding carboxylic acids is 3. The predicted octanol–water partition coefficient (Wildman–Crippen LogP) is 19.8. The standard InChI is InChI=1S/C66H106O6/c1-4-7-10-13-16-19-22-25-27-29-31-32-33-34-36-37-39-41-44-47-50-53-56-59-65(68)71-62-63(61-70-64(67)58-55-52-49-46-43-24-21-18-15-12-9-6-3)72-66(69)60-57-54-51-48-45-42-40-38-35-30-28-26-23-20-17-14-11-8-5-2/h7-8,10-11,16-21,25-28,31-32,34-36,38,42,45,63H,4-6,9,12-15,22-24,29-30,33,37,39-41,43-44,46-62H2,1-3H3/b10-7-,11-8-,19-16-,20-17-,21-18-,27-25-,28-26-,32-31-,36-34-,38-35-,45-42-. The van der Waals surface area contributed by atoms with Gasteiger partial charge in [-0.15, -0.1) is 0 Å². The Morgan fingerprint density at radius 3 is 0.875 bits per heavy atom. The summed E-state index contributed by atoms with van der Waals surface area (Å²) in [6.45, 7) is 6.34. The summed E-state index contributed by atoms with van der Waals surface area (Å²) < 4.78 is 16.8. The minimum Gasteiger partial charge on any atom is -0.462 e. The van der Waals surface area contributed by atoms with E-state index in [0.717, 1.165) is 148 Å². The van der Waals surface area contributed by atoms with Crippen LogP contribution in [-0.4, -0.2) is 37.2 Å². The van der Waals surface area contributed by atoms with Crippen molar-refractivity contribution in [1.29, 1.82) is 0 Å². The number of ether oxygens (including phenoxy) is 3. The molecule has 0 heterocycles. The van der Waals surface area contributed by atoms with Crippen LogP contribution in [0.2, 0.25) is 0 Å². The molecule has 1 unspecified atom stereocenters. The average molecular weight is 996 g/mol. The molecule has 0 aliphatic carbocycles. The minimum absolute atomic E-state index is 0.104. The maximum Gasteiger partial charge on any atom is 0.306 e. The molecule has 0 N–H and O–H groups in total. The van der Waals surface area contributed by atoms with Crippen molar-refractivity contribution >= 4 is 17.9 Å². The molecule has 1 atom stereocenters. The second-order valence-corrected chi connectivity index (χ2v) is 18.8. The van der Waals surface area contributed by atoms with Crippen molar-refractivity contribution < 1.29 is 28.6 Å². The molecule has 0 radical (unpaired) electrons. The molecule has 0 saturated heterocycles. The Morgan fingerprint density at radius 1 is 0.292 bits per heavy atom. The minimum atomic E-state index is -0.809. The Kier molecular flexibility index (Phi) is 55.5. The van der Waals surface area contributed by atoms with Crippen LogP contribution < -0.4 is 0 Å². The van der Waals surface area contributed by atoms with Gasteiger partial charge < -0.3 is 14.2 Å². The van der Waals surface area contributed by atoms with Crippen molar-refractivity contribution in [3.63, 3.8) is 0 Å². The molecule has 0 aromatic rings. The third-order valence-electron chi connectivity index (χ3n) is 11.9. The highest BCUT2D eigenvalue weighted by atomic mass is 16.6. The van der Waals surface area contributed by atoms with E-state index in [1.165, 1.54) is 57.8 Å². The second-order valence-electron chi connectivity index (χ2n) is 18.8. The van der Waals surface area contributed by atoms with E-state index in [2.05, 4.69) is 154 Å². The lowest BCUT2D eigenvalue weighted by Gasteiger charge is -2.18. The van der Waals surface area contributed by atoms with Gasteiger partial charge in [0.25, 0.3) is 0 Å². The average Bonchev–Trinajstić information content (AvgIpc) is 3.38. The molecular formula is C66H106O6. The largest absolute Gasteiger partial charge is 0.462 e. The van der Waals surface area contributed by atoms with E-state index in [9.17, 15) is 14.4 Å². The highest BCUT2D eigenvalue weighted by molar-refractivity contribution is 5.71. The first kappa shape index (κ1) is 67.5. The molecule has 0 amide bonds. The van der Waals surface area contributed by atoms with Crippen LogP contribution in [0.25, 0.3) is 0 Å². The van der Waals surface area contributed by atoms with Gasteiger partial charge in [-0.05, 0) is 135 Å². The first-order valence-electron chi connectivity index (χ1n) is 29.2. The van der Waals surface area contributed by atoms with E-state index in [1.54, 1.807) is 0 Å². The summed E-state index contributed by atoms with van der Waals surface area (Å²) in [5.41, 5.74) is 0.